The zero-order chi connectivity index (χ0) is 17.1. The molecular weight excluding hydrogens is 324 g/mol. The van der Waals surface area contributed by atoms with E-state index in [-0.39, 0.29) is 11.8 Å². The lowest BCUT2D eigenvalue weighted by atomic mass is 9.97. The van der Waals surface area contributed by atoms with Crippen LogP contribution in [0.3, 0.4) is 0 Å². The molecule has 1 atom stereocenters. The molecule has 1 aliphatic heterocycles. The first kappa shape index (κ1) is 16.7. The molecule has 1 saturated heterocycles. The monoisotopic (exact) mass is 344 g/mol. The lowest BCUT2D eigenvalue weighted by molar-refractivity contribution is -0.120. The Hall–Kier alpha value is -2.14. The van der Waals surface area contributed by atoms with Crippen molar-refractivity contribution < 1.29 is 4.79 Å². The van der Waals surface area contributed by atoms with Crippen LogP contribution in [0.4, 0.5) is 11.6 Å². The minimum Gasteiger partial charge on any atom is -0.340 e. The fraction of sp³-hybridized carbons (Fsp3) is 0.389. The van der Waals surface area contributed by atoms with Crippen molar-refractivity contribution in [3.8, 4) is 0 Å². The molecule has 3 rings (SSSR count). The van der Waals surface area contributed by atoms with E-state index in [2.05, 4.69) is 20.2 Å². The molecule has 1 aliphatic rings. The number of carbonyl (C=O) groups is 1. The van der Waals surface area contributed by atoms with Gasteiger partial charge in [-0.25, -0.2) is 9.97 Å². The number of amides is 1. The van der Waals surface area contributed by atoms with Crippen LogP contribution in [-0.4, -0.2) is 29.0 Å². The average molecular weight is 345 g/mol. The van der Waals surface area contributed by atoms with Crippen LogP contribution in [-0.2, 0) is 4.79 Å². The largest absolute Gasteiger partial charge is 0.340 e. The Bertz CT molecular complexity index is 729. The van der Waals surface area contributed by atoms with Gasteiger partial charge in [0, 0.05) is 24.5 Å². The summed E-state index contributed by atoms with van der Waals surface area (Å²) < 4.78 is 0. The third kappa shape index (κ3) is 3.85. The van der Waals surface area contributed by atoms with E-state index in [1.165, 1.54) is 0 Å². The van der Waals surface area contributed by atoms with Gasteiger partial charge in [-0.3, -0.25) is 4.79 Å². The molecule has 2 heterocycles. The van der Waals surface area contributed by atoms with Gasteiger partial charge in [0.25, 0.3) is 0 Å². The summed E-state index contributed by atoms with van der Waals surface area (Å²) >= 11 is 6.12. The molecule has 1 fully saturated rings. The number of para-hydroxylation sites is 1. The van der Waals surface area contributed by atoms with E-state index in [9.17, 15) is 4.79 Å². The van der Waals surface area contributed by atoms with Gasteiger partial charge in [0.2, 0.25) is 11.9 Å². The minimum atomic E-state index is -0.0977. The third-order valence-corrected chi connectivity index (χ3v) is 4.51. The molecule has 2 aromatic rings. The van der Waals surface area contributed by atoms with Gasteiger partial charge in [-0.1, -0.05) is 23.7 Å². The molecule has 1 aromatic carbocycles. The van der Waals surface area contributed by atoms with Crippen molar-refractivity contribution >= 4 is 29.1 Å². The maximum atomic E-state index is 12.6. The predicted molar refractivity (Wildman–Crippen MR) is 96.5 cm³/mol. The highest BCUT2D eigenvalue weighted by Gasteiger charge is 2.27. The Kier molecular flexibility index (Phi) is 5.00. The number of aryl methyl sites for hydroxylation is 2. The van der Waals surface area contributed by atoms with Crippen molar-refractivity contribution in [2.75, 3.05) is 23.3 Å². The van der Waals surface area contributed by atoms with Crippen LogP contribution >= 0.6 is 11.6 Å². The number of anilines is 2. The number of hydrogen-bond donors (Lipinski definition) is 1. The summed E-state index contributed by atoms with van der Waals surface area (Å²) in [4.78, 5) is 23.7. The Balaban J connectivity index is 1.71. The van der Waals surface area contributed by atoms with Crippen LogP contribution in [0.15, 0.2) is 30.3 Å². The molecule has 0 radical (unpaired) electrons. The summed E-state index contributed by atoms with van der Waals surface area (Å²) in [5.74, 6) is 0.611. The van der Waals surface area contributed by atoms with Gasteiger partial charge in [-0.2, -0.15) is 0 Å². The molecule has 0 spiro atoms. The SMILES string of the molecule is Cc1cc(C)nc(N2CCCC(C(=O)Nc3ccccc3Cl)C2)n1. The maximum absolute atomic E-state index is 12.6. The lowest BCUT2D eigenvalue weighted by Gasteiger charge is -2.32. The number of rotatable bonds is 3. The van der Waals surface area contributed by atoms with E-state index >= 15 is 0 Å². The van der Waals surface area contributed by atoms with Gasteiger partial charge in [-0.15, -0.1) is 0 Å². The van der Waals surface area contributed by atoms with Gasteiger partial charge in [0.1, 0.15) is 0 Å². The molecule has 0 aliphatic carbocycles. The van der Waals surface area contributed by atoms with Crippen LogP contribution in [0, 0.1) is 19.8 Å². The average Bonchev–Trinajstić information content (AvgIpc) is 2.56. The third-order valence-electron chi connectivity index (χ3n) is 4.18. The Morgan fingerprint density at radius 1 is 1.25 bits per heavy atom. The summed E-state index contributed by atoms with van der Waals surface area (Å²) in [6.07, 6.45) is 1.80. The maximum Gasteiger partial charge on any atom is 0.229 e. The van der Waals surface area contributed by atoms with Crippen molar-refractivity contribution in [2.24, 2.45) is 5.92 Å². The van der Waals surface area contributed by atoms with E-state index in [0.717, 1.165) is 30.8 Å². The smallest absolute Gasteiger partial charge is 0.229 e. The fourth-order valence-corrected chi connectivity index (χ4v) is 3.20. The topological polar surface area (TPSA) is 58.1 Å². The number of nitrogens with one attached hydrogen (secondary N) is 1. The number of nitrogens with zero attached hydrogens (tertiary/aromatic N) is 3. The quantitative estimate of drug-likeness (QED) is 0.924. The molecule has 126 valence electrons. The summed E-state index contributed by atoms with van der Waals surface area (Å²) in [6.45, 7) is 5.42. The second kappa shape index (κ2) is 7.18. The van der Waals surface area contributed by atoms with Crippen LogP contribution in [0.25, 0.3) is 0 Å². The number of hydrogen-bond acceptors (Lipinski definition) is 4. The summed E-state index contributed by atoms with van der Waals surface area (Å²) in [5, 5.41) is 3.49. The van der Waals surface area contributed by atoms with Gasteiger partial charge < -0.3 is 10.2 Å². The van der Waals surface area contributed by atoms with Gasteiger partial charge in [0.05, 0.1) is 16.6 Å². The van der Waals surface area contributed by atoms with Crippen LogP contribution in [0.2, 0.25) is 5.02 Å². The second-order valence-electron chi connectivity index (χ2n) is 6.20. The first-order chi connectivity index (χ1) is 11.5. The van der Waals surface area contributed by atoms with Crippen LogP contribution in [0.1, 0.15) is 24.2 Å². The van der Waals surface area contributed by atoms with Crippen LogP contribution in [0.5, 0.6) is 0 Å². The first-order valence-corrected chi connectivity index (χ1v) is 8.53. The number of benzene rings is 1. The van der Waals surface area contributed by atoms with E-state index in [1.54, 1.807) is 6.07 Å². The molecule has 1 unspecified atom stereocenters. The molecule has 0 saturated carbocycles. The number of carbonyl (C=O) groups excluding carboxylic acids is 1. The van der Waals surface area contributed by atoms with Gasteiger partial charge in [0.15, 0.2) is 0 Å². The highest BCUT2D eigenvalue weighted by Crippen LogP contribution is 2.25. The van der Waals surface area contributed by atoms with Crippen molar-refractivity contribution in [3.63, 3.8) is 0 Å². The normalized spacial score (nSPS) is 17.6. The van der Waals surface area contributed by atoms with Crippen molar-refractivity contribution in [3.05, 3.63) is 46.7 Å². The number of halogens is 1. The molecule has 1 aromatic heterocycles. The van der Waals surface area contributed by atoms with Crippen LogP contribution < -0.4 is 10.2 Å². The number of piperidine rings is 1. The summed E-state index contributed by atoms with van der Waals surface area (Å²) in [6, 6.07) is 9.24. The Labute approximate surface area is 147 Å². The zero-order valence-electron chi connectivity index (χ0n) is 13.9. The van der Waals surface area contributed by atoms with Crippen molar-refractivity contribution in [1.82, 2.24) is 9.97 Å². The Morgan fingerprint density at radius 2 is 1.96 bits per heavy atom. The first-order valence-electron chi connectivity index (χ1n) is 8.15. The molecule has 24 heavy (non-hydrogen) atoms. The van der Waals surface area contributed by atoms with E-state index in [1.807, 2.05) is 38.1 Å². The number of aromatic nitrogens is 2. The minimum absolute atomic E-state index is 0.00262. The Morgan fingerprint density at radius 3 is 2.67 bits per heavy atom. The van der Waals surface area contributed by atoms with E-state index in [4.69, 9.17) is 11.6 Å². The molecular formula is C18H21ClN4O. The highest BCUT2D eigenvalue weighted by molar-refractivity contribution is 6.33. The van der Waals surface area contributed by atoms with E-state index < -0.39 is 0 Å². The standard InChI is InChI=1S/C18H21ClN4O/c1-12-10-13(2)21-18(20-12)23-9-5-6-14(11-23)17(24)22-16-8-4-3-7-15(16)19/h3-4,7-8,10,14H,5-6,9,11H2,1-2H3,(H,22,24). The zero-order valence-corrected chi connectivity index (χ0v) is 14.7. The highest BCUT2D eigenvalue weighted by atomic mass is 35.5. The molecule has 1 N–H and O–H groups in total. The van der Waals surface area contributed by atoms with Crippen molar-refractivity contribution in [2.45, 2.75) is 26.7 Å². The molecule has 0 bridgehead atoms. The van der Waals surface area contributed by atoms with Crippen molar-refractivity contribution in [1.29, 1.82) is 0 Å². The van der Waals surface area contributed by atoms with E-state index in [0.29, 0.717) is 23.2 Å². The molecule has 6 heteroatoms. The van der Waals surface area contributed by atoms with Gasteiger partial charge in [-0.05, 0) is 44.9 Å². The second-order valence-corrected chi connectivity index (χ2v) is 6.61. The molecule has 1 amide bonds. The fourth-order valence-electron chi connectivity index (χ4n) is 3.02. The summed E-state index contributed by atoms with van der Waals surface area (Å²) in [5.41, 5.74) is 2.55. The molecule has 5 nitrogen and oxygen atoms in total. The lowest BCUT2D eigenvalue weighted by Crippen LogP contribution is -2.41. The predicted octanol–water partition coefficient (Wildman–Crippen LogP) is 3.60. The summed E-state index contributed by atoms with van der Waals surface area (Å²) in [7, 11) is 0. The van der Waals surface area contributed by atoms with Gasteiger partial charge >= 0.3 is 0 Å².